The Labute approximate surface area is 113 Å². The zero-order valence-corrected chi connectivity index (χ0v) is 11.4. The molecule has 1 aromatic carbocycles. The first-order valence-electron chi connectivity index (χ1n) is 6.65. The molecule has 0 aliphatic carbocycles. The summed E-state index contributed by atoms with van der Waals surface area (Å²) in [4.78, 5) is 4.34. The average molecular weight is 269 g/mol. The number of likely N-dealkylation sites (N-methyl/N-ethyl adjacent to an activating group) is 1. The van der Waals surface area contributed by atoms with Crippen LogP contribution in [0.1, 0.15) is 25.3 Å². The lowest BCUT2D eigenvalue weighted by Crippen LogP contribution is -2.51. The summed E-state index contributed by atoms with van der Waals surface area (Å²) in [7, 11) is 2.09. The lowest BCUT2D eigenvalue weighted by molar-refractivity contribution is 0.151. The molecule has 3 nitrogen and oxygen atoms in total. The lowest BCUT2D eigenvalue weighted by atomic mass is 10.1. The minimum absolute atomic E-state index is 0.0411. The molecule has 0 saturated carbocycles. The number of alkyl halides is 2. The van der Waals surface area contributed by atoms with E-state index in [0.29, 0.717) is 17.4 Å². The first kappa shape index (κ1) is 14.1. The van der Waals surface area contributed by atoms with Gasteiger partial charge in [0.2, 0.25) is 0 Å². The minimum Gasteiger partial charge on any atom is -0.399 e. The SMILES string of the molecule is CCC1CN(c2ccc(N)cc2C(F)F)CCN1C. The summed E-state index contributed by atoms with van der Waals surface area (Å²) < 4.78 is 26.3. The van der Waals surface area contributed by atoms with Crippen molar-refractivity contribution in [2.75, 3.05) is 37.3 Å². The molecule has 106 valence electrons. The highest BCUT2D eigenvalue weighted by atomic mass is 19.3. The number of benzene rings is 1. The van der Waals surface area contributed by atoms with Gasteiger partial charge in [0.1, 0.15) is 0 Å². The summed E-state index contributed by atoms with van der Waals surface area (Å²) in [6.45, 7) is 4.58. The number of nitrogens with zero attached hydrogens (tertiary/aromatic N) is 2. The Hall–Kier alpha value is -1.36. The van der Waals surface area contributed by atoms with Gasteiger partial charge in [-0.1, -0.05) is 6.92 Å². The van der Waals surface area contributed by atoms with Crippen molar-refractivity contribution < 1.29 is 8.78 Å². The molecule has 1 aromatic rings. The fourth-order valence-corrected chi connectivity index (χ4v) is 2.64. The van der Waals surface area contributed by atoms with Gasteiger partial charge in [-0.2, -0.15) is 0 Å². The second-order valence-corrected chi connectivity index (χ2v) is 5.11. The first-order chi connectivity index (χ1) is 9.02. The molecule has 1 aliphatic heterocycles. The van der Waals surface area contributed by atoms with Gasteiger partial charge in [0.05, 0.1) is 0 Å². The number of piperazine rings is 1. The summed E-state index contributed by atoms with van der Waals surface area (Å²) in [6, 6.07) is 5.21. The van der Waals surface area contributed by atoms with Crippen LogP contribution in [0.15, 0.2) is 18.2 Å². The van der Waals surface area contributed by atoms with Gasteiger partial charge >= 0.3 is 0 Å². The van der Waals surface area contributed by atoms with Crippen LogP contribution in [0.3, 0.4) is 0 Å². The number of nitrogens with two attached hydrogens (primary N) is 1. The Morgan fingerprint density at radius 1 is 1.37 bits per heavy atom. The van der Waals surface area contributed by atoms with Crippen LogP contribution < -0.4 is 10.6 Å². The van der Waals surface area contributed by atoms with Crippen molar-refractivity contribution in [2.24, 2.45) is 0 Å². The smallest absolute Gasteiger partial charge is 0.265 e. The average Bonchev–Trinajstić information content (AvgIpc) is 2.39. The summed E-state index contributed by atoms with van der Waals surface area (Å²) in [5.74, 6) is 0. The third-order valence-electron chi connectivity index (χ3n) is 3.88. The van der Waals surface area contributed by atoms with Crippen molar-refractivity contribution in [3.05, 3.63) is 23.8 Å². The quantitative estimate of drug-likeness (QED) is 0.856. The predicted molar refractivity (Wildman–Crippen MR) is 74.7 cm³/mol. The highest BCUT2D eigenvalue weighted by Crippen LogP contribution is 2.32. The first-order valence-corrected chi connectivity index (χ1v) is 6.65. The predicted octanol–water partition coefficient (Wildman–Crippen LogP) is 2.74. The lowest BCUT2D eigenvalue weighted by Gasteiger charge is -2.41. The van der Waals surface area contributed by atoms with Crippen molar-refractivity contribution in [2.45, 2.75) is 25.8 Å². The van der Waals surface area contributed by atoms with Crippen molar-refractivity contribution in [1.29, 1.82) is 0 Å². The molecule has 2 N–H and O–H groups in total. The Morgan fingerprint density at radius 3 is 2.74 bits per heavy atom. The second-order valence-electron chi connectivity index (χ2n) is 5.11. The fraction of sp³-hybridized carbons (Fsp3) is 0.571. The number of nitrogen functional groups attached to an aromatic ring is 1. The Bertz CT molecular complexity index is 437. The summed E-state index contributed by atoms with van der Waals surface area (Å²) >= 11 is 0. The fourth-order valence-electron chi connectivity index (χ4n) is 2.64. The van der Waals surface area contributed by atoms with Crippen LogP contribution in [0.2, 0.25) is 0 Å². The van der Waals surface area contributed by atoms with E-state index in [1.54, 1.807) is 12.1 Å². The zero-order chi connectivity index (χ0) is 14.0. The largest absolute Gasteiger partial charge is 0.399 e. The molecule has 0 spiro atoms. The second kappa shape index (κ2) is 5.74. The van der Waals surface area contributed by atoms with Gasteiger partial charge < -0.3 is 10.6 Å². The summed E-state index contributed by atoms with van der Waals surface area (Å²) in [5, 5.41) is 0. The van der Waals surface area contributed by atoms with Crippen LogP contribution in [0.25, 0.3) is 0 Å². The molecule has 2 rings (SSSR count). The van der Waals surface area contributed by atoms with Gasteiger partial charge in [0, 0.05) is 42.6 Å². The Kier molecular flexibility index (Phi) is 4.24. The number of anilines is 2. The number of rotatable bonds is 3. The van der Waals surface area contributed by atoms with E-state index in [1.165, 1.54) is 6.07 Å². The van der Waals surface area contributed by atoms with E-state index in [-0.39, 0.29) is 5.56 Å². The molecular formula is C14H21F2N3. The van der Waals surface area contributed by atoms with E-state index >= 15 is 0 Å². The molecule has 19 heavy (non-hydrogen) atoms. The molecule has 5 heteroatoms. The number of halogens is 2. The van der Waals surface area contributed by atoms with Crippen LogP contribution in [-0.2, 0) is 0 Å². The van der Waals surface area contributed by atoms with Crippen molar-refractivity contribution in [1.82, 2.24) is 4.90 Å². The van der Waals surface area contributed by atoms with Gasteiger partial charge in [0.25, 0.3) is 6.43 Å². The topological polar surface area (TPSA) is 32.5 Å². The maximum Gasteiger partial charge on any atom is 0.265 e. The van der Waals surface area contributed by atoms with Crippen LogP contribution in [0.5, 0.6) is 0 Å². The molecule has 1 heterocycles. The van der Waals surface area contributed by atoms with Crippen LogP contribution in [0, 0.1) is 0 Å². The molecule has 0 bridgehead atoms. The van der Waals surface area contributed by atoms with Gasteiger partial charge in [-0.3, -0.25) is 4.90 Å². The highest BCUT2D eigenvalue weighted by molar-refractivity contribution is 5.60. The molecule has 1 unspecified atom stereocenters. The van der Waals surface area contributed by atoms with Gasteiger partial charge in [0.15, 0.2) is 0 Å². The van der Waals surface area contributed by atoms with Crippen molar-refractivity contribution in [3.8, 4) is 0 Å². The van der Waals surface area contributed by atoms with Gasteiger partial charge in [-0.25, -0.2) is 8.78 Å². The van der Waals surface area contributed by atoms with E-state index in [2.05, 4.69) is 23.8 Å². The molecule has 0 aromatic heterocycles. The molecule has 1 saturated heterocycles. The third kappa shape index (κ3) is 2.97. The van der Waals surface area contributed by atoms with E-state index in [1.807, 2.05) is 0 Å². The third-order valence-corrected chi connectivity index (χ3v) is 3.88. The van der Waals surface area contributed by atoms with Gasteiger partial charge in [-0.15, -0.1) is 0 Å². The molecule has 1 aliphatic rings. The van der Waals surface area contributed by atoms with Gasteiger partial charge in [-0.05, 0) is 31.7 Å². The van der Waals surface area contributed by atoms with Crippen molar-refractivity contribution >= 4 is 11.4 Å². The van der Waals surface area contributed by atoms with E-state index in [4.69, 9.17) is 5.73 Å². The standard InChI is InChI=1S/C14H21F2N3/c1-3-11-9-19(7-6-18(11)2)13-5-4-10(17)8-12(13)14(15)16/h4-5,8,11,14H,3,6-7,9,17H2,1-2H3. The summed E-state index contributed by atoms with van der Waals surface area (Å²) in [6.07, 6.45) is -1.47. The number of hydrogen-bond acceptors (Lipinski definition) is 3. The Morgan fingerprint density at radius 2 is 2.11 bits per heavy atom. The maximum absolute atomic E-state index is 13.1. The highest BCUT2D eigenvalue weighted by Gasteiger charge is 2.26. The van der Waals surface area contributed by atoms with Crippen LogP contribution in [-0.4, -0.2) is 37.6 Å². The minimum atomic E-state index is -2.49. The van der Waals surface area contributed by atoms with E-state index in [9.17, 15) is 8.78 Å². The molecule has 1 atom stereocenters. The zero-order valence-electron chi connectivity index (χ0n) is 11.4. The Balaban J connectivity index is 2.26. The van der Waals surface area contributed by atoms with E-state index in [0.717, 1.165) is 26.1 Å². The normalized spacial score (nSPS) is 21.1. The molecule has 1 fully saturated rings. The molecular weight excluding hydrogens is 248 g/mol. The van der Waals surface area contributed by atoms with E-state index < -0.39 is 6.43 Å². The molecule has 0 amide bonds. The van der Waals surface area contributed by atoms with Crippen molar-refractivity contribution in [3.63, 3.8) is 0 Å². The summed E-state index contributed by atoms with van der Waals surface area (Å²) in [5.41, 5.74) is 6.66. The van der Waals surface area contributed by atoms with Crippen LogP contribution >= 0.6 is 0 Å². The number of hydrogen-bond donors (Lipinski definition) is 1. The maximum atomic E-state index is 13.1. The monoisotopic (exact) mass is 269 g/mol. The molecule has 0 radical (unpaired) electrons. The van der Waals surface area contributed by atoms with Crippen LogP contribution in [0.4, 0.5) is 20.2 Å².